The van der Waals surface area contributed by atoms with Gasteiger partial charge in [0, 0.05) is 6.61 Å². The van der Waals surface area contributed by atoms with E-state index in [1.54, 1.807) is 0 Å². The molecule has 0 spiro atoms. The molecule has 0 bridgehead atoms. The van der Waals surface area contributed by atoms with E-state index >= 15 is 0 Å². The molecule has 0 aliphatic heterocycles. The second-order valence-electron chi connectivity index (χ2n) is 2.17. The summed E-state index contributed by atoms with van der Waals surface area (Å²) < 4.78 is 4.98. The maximum Gasteiger partial charge on any atom is 0.333 e. The van der Waals surface area contributed by atoms with Gasteiger partial charge in [-0.3, -0.25) is 0 Å². The molecule has 0 aliphatic rings. The zero-order valence-corrected chi connectivity index (χ0v) is 6.51. The molecule has 0 rings (SSSR count). The summed E-state index contributed by atoms with van der Waals surface area (Å²) in [6, 6.07) is 0. The number of carbonyl (C=O) groups is 1. The first kappa shape index (κ1) is 10.2. The fraction of sp³-hybridized carbons (Fsp3) is 0.500. The smallest absolute Gasteiger partial charge is 0.333 e. The van der Waals surface area contributed by atoms with Crippen molar-refractivity contribution in [3.05, 3.63) is 19.1 Å². The van der Waals surface area contributed by atoms with Gasteiger partial charge in [-0.15, -0.1) is 0 Å². The minimum Gasteiger partial charge on any atom is -0.478 e. The number of carboxylic acids is 1. The Labute approximate surface area is 66.7 Å². The Hall–Kier alpha value is -0.830. The normalized spacial score (nSPS) is 9.55. The van der Waals surface area contributed by atoms with E-state index in [1.165, 1.54) is 0 Å². The van der Waals surface area contributed by atoms with Gasteiger partial charge >= 0.3 is 5.97 Å². The number of hydrogen-bond acceptors (Lipinski definition) is 2. The summed E-state index contributed by atoms with van der Waals surface area (Å²) in [6.07, 6.45) is 1.66. The summed E-state index contributed by atoms with van der Waals surface area (Å²) in [5.41, 5.74) is 0.0917. The molecule has 0 aromatic carbocycles. The number of unbranched alkanes of at least 4 members (excludes halogenated alkanes) is 1. The van der Waals surface area contributed by atoms with E-state index in [4.69, 9.17) is 9.84 Å². The molecule has 3 nitrogen and oxygen atoms in total. The minimum atomic E-state index is -1.00. The molecule has 0 amide bonds. The molecule has 0 unspecified atom stereocenters. The predicted molar refractivity (Wildman–Crippen MR) is 42.2 cm³/mol. The van der Waals surface area contributed by atoms with Crippen molar-refractivity contribution < 1.29 is 14.6 Å². The van der Waals surface area contributed by atoms with Crippen molar-refractivity contribution in [1.29, 1.82) is 0 Å². The second-order valence-corrected chi connectivity index (χ2v) is 2.17. The van der Waals surface area contributed by atoms with E-state index in [0.717, 1.165) is 12.8 Å². The van der Waals surface area contributed by atoms with Crippen LogP contribution < -0.4 is 0 Å². The van der Waals surface area contributed by atoms with E-state index in [-0.39, 0.29) is 12.2 Å². The fourth-order valence-electron chi connectivity index (χ4n) is 0.461. The number of aliphatic carboxylic acids is 1. The highest BCUT2D eigenvalue weighted by Gasteiger charge is 2.02. The average Bonchev–Trinajstić information content (AvgIpc) is 1.97. The van der Waals surface area contributed by atoms with Gasteiger partial charge in [-0.05, 0) is 6.42 Å². The molecule has 0 aromatic heterocycles. The molecule has 0 saturated carbocycles. The molecular weight excluding hydrogens is 144 g/mol. The Balaban J connectivity index is 3.25. The zero-order chi connectivity index (χ0) is 8.69. The van der Waals surface area contributed by atoms with Crippen LogP contribution >= 0.6 is 0 Å². The molecule has 0 atom stereocenters. The second kappa shape index (κ2) is 5.92. The van der Waals surface area contributed by atoms with Gasteiger partial charge < -0.3 is 9.84 Å². The van der Waals surface area contributed by atoms with Crippen LogP contribution in [0.15, 0.2) is 12.2 Å². The number of carboxylic acid groups (broad SMARTS) is 1. The Kier molecular flexibility index (Phi) is 5.47. The van der Waals surface area contributed by atoms with E-state index in [1.807, 2.05) is 0 Å². The van der Waals surface area contributed by atoms with Gasteiger partial charge in [-0.25, -0.2) is 4.79 Å². The number of ether oxygens (including phenoxy) is 1. The highest BCUT2D eigenvalue weighted by atomic mass is 16.5. The SMILES string of the molecule is [CH2]CCCOCC(=C)C(=O)O. The molecule has 11 heavy (non-hydrogen) atoms. The molecule has 1 N–H and O–H groups in total. The van der Waals surface area contributed by atoms with E-state index < -0.39 is 5.97 Å². The lowest BCUT2D eigenvalue weighted by molar-refractivity contribution is -0.133. The van der Waals surface area contributed by atoms with E-state index in [0.29, 0.717) is 6.61 Å². The third-order valence-corrected chi connectivity index (χ3v) is 1.12. The van der Waals surface area contributed by atoms with Crippen molar-refractivity contribution >= 4 is 5.97 Å². The van der Waals surface area contributed by atoms with Crippen LogP contribution in [-0.4, -0.2) is 24.3 Å². The summed E-state index contributed by atoms with van der Waals surface area (Å²) in [5, 5.41) is 8.35. The summed E-state index contributed by atoms with van der Waals surface area (Å²) >= 11 is 0. The largest absolute Gasteiger partial charge is 0.478 e. The molecule has 0 aromatic rings. The number of hydrogen-bond donors (Lipinski definition) is 1. The van der Waals surface area contributed by atoms with Crippen LogP contribution in [0.2, 0.25) is 0 Å². The maximum atomic E-state index is 10.2. The summed E-state index contributed by atoms with van der Waals surface area (Å²) in [4.78, 5) is 10.2. The average molecular weight is 157 g/mol. The summed E-state index contributed by atoms with van der Waals surface area (Å²) in [6.45, 7) is 7.59. The lowest BCUT2D eigenvalue weighted by Crippen LogP contribution is -2.07. The molecule has 1 radical (unpaired) electrons. The van der Waals surface area contributed by atoms with Crippen molar-refractivity contribution in [2.45, 2.75) is 12.8 Å². The van der Waals surface area contributed by atoms with Gasteiger partial charge in [0.05, 0.1) is 12.2 Å². The lowest BCUT2D eigenvalue weighted by atomic mass is 10.3. The molecule has 0 saturated heterocycles. The van der Waals surface area contributed by atoms with E-state index in [2.05, 4.69) is 13.5 Å². The Bertz CT molecular complexity index is 140. The first-order chi connectivity index (χ1) is 5.18. The topological polar surface area (TPSA) is 46.5 Å². The van der Waals surface area contributed by atoms with Gasteiger partial charge in [0.25, 0.3) is 0 Å². The lowest BCUT2D eigenvalue weighted by Gasteiger charge is -2.01. The minimum absolute atomic E-state index is 0.0917. The third-order valence-electron chi connectivity index (χ3n) is 1.12. The van der Waals surface area contributed by atoms with Crippen LogP contribution in [0.4, 0.5) is 0 Å². The molecule has 0 fully saturated rings. The van der Waals surface area contributed by atoms with Gasteiger partial charge in [0.1, 0.15) is 0 Å². The Morgan fingerprint density at radius 2 is 2.18 bits per heavy atom. The van der Waals surface area contributed by atoms with Crippen LogP contribution in [0.1, 0.15) is 12.8 Å². The molecule has 3 heteroatoms. The highest BCUT2D eigenvalue weighted by molar-refractivity contribution is 5.85. The molecule has 63 valence electrons. The first-order valence-electron chi connectivity index (χ1n) is 3.46. The maximum absolute atomic E-state index is 10.2. The van der Waals surface area contributed by atoms with Crippen LogP contribution in [0.5, 0.6) is 0 Å². The van der Waals surface area contributed by atoms with Crippen LogP contribution in [0, 0.1) is 6.92 Å². The quantitative estimate of drug-likeness (QED) is 0.466. The summed E-state index contributed by atoms with van der Waals surface area (Å²) in [5.74, 6) is -1.00. The Morgan fingerprint density at radius 1 is 1.55 bits per heavy atom. The van der Waals surface area contributed by atoms with Gasteiger partial charge in [0.2, 0.25) is 0 Å². The van der Waals surface area contributed by atoms with Crippen molar-refractivity contribution in [1.82, 2.24) is 0 Å². The van der Waals surface area contributed by atoms with Crippen LogP contribution in [0.25, 0.3) is 0 Å². The van der Waals surface area contributed by atoms with Crippen LogP contribution in [0.3, 0.4) is 0 Å². The van der Waals surface area contributed by atoms with Crippen molar-refractivity contribution in [3.8, 4) is 0 Å². The monoisotopic (exact) mass is 157 g/mol. The highest BCUT2D eigenvalue weighted by Crippen LogP contribution is 1.93. The van der Waals surface area contributed by atoms with Gasteiger partial charge in [-0.1, -0.05) is 19.9 Å². The van der Waals surface area contributed by atoms with Gasteiger partial charge in [-0.2, -0.15) is 0 Å². The Morgan fingerprint density at radius 3 is 2.64 bits per heavy atom. The van der Waals surface area contributed by atoms with E-state index in [9.17, 15) is 4.79 Å². The van der Waals surface area contributed by atoms with Crippen molar-refractivity contribution in [3.63, 3.8) is 0 Å². The molecule has 0 heterocycles. The molecular formula is C8H13O3. The van der Waals surface area contributed by atoms with Crippen molar-refractivity contribution in [2.24, 2.45) is 0 Å². The fourth-order valence-corrected chi connectivity index (χ4v) is 0.461. The van der Waals surface area contributed by atoms with Crippen molar-refractivity contribution in [2.75, 3.05) is 13.2 Å². The summed E-state index contributed by atoms with van der Waals surface area (Å²) in [7, 11) is 0. The predicted octanol–water partition coefficient (Wildman–Crippen LogP) is 1.26. The van der Waals surface area contributed by atoms with Crippen LogP contribution in [-0.2, 0) is 9.53 Å². The standard InChI is InChI=1S/C8H13O3/c1-3-4-5-11-6-7(2)8(9)10/h1-6H2,(H,9,10). The van der Waals surface area contributed by atoms with Gasteiger partial charge in [0.15, 0.2) is 0 Å². The first-order valence-corrected chi connectivity index (χ1v) is 3.46. The molecule has 0 aliphatic carbocycles. The number of rotatable bonds is 6. The third kappa shape index (κ3) is 5.61. The zero-order valence-electron chi connectivity index (χ0n) is 6.51.